The molecule has 3 nitrogen and oxygen atoms in total. The number of pyridine rings is 1. The minimum absolute atomic E-state index is 0.440. The van der Waals surface area contributed by atoms with E-state index in [4.69, 9.17) is 5.26 Å². The maximum Gasteiger partial charge on any atom is 0.144 e. The van der Waals surface area contributed by atoms with E-state index in [2.05, 4.69) is 30.2 Å². The molecule has 15 heavy (non-hydrogen) atoms. The normalized spacial score (nSPS) is 11.9. The van der Waals surface area contributed by atoms with Gasteiger partial charge in [0, 0.05) is 12.2 Å². The first-order valence-electron chi connectivity index (χ1n) is 5.37. The lowest BCUT2D eigenvalue weighted by Crippen LogP contribution is -2.05. The first-order valence-corrected chi connectivity index (χ1v) is 5.37. The largest absolute Gasteiger partial charge is 0.369 e. The Morgan fingerprint density at radius 2 is 2.20 bits per heavy atom. The summed E-state index contributed by atoms with van der Waals surface area (Å²) in [5.74, 6) is 1.15. The zero-order valence-electron chi connectivity index (χ0n) is 9.54. The predicted molar refractivity (Wildman–Crippen MR) is 61.8 cm³/mol. The molecule has 3 heteroatoms. The highest BCUT2D eigenvalue weighted by molar-refractivity contribution is 5.52. The van der Waals surface area contributed by atoms with Gasteiger partial charge in [-0.15, -0.1) is 0 Å². The quantitative estimate of drug-likeness (QED) is 0.818. The molecule has 0 aliphatic rings. The Labute approximate surface area is 91.1 Å². The van der Waals surface area contributed by atoms with E-state index in [0.717, 1.165) is 18.7 Å². The van der Waals surface area contributed by atoms with Gasteiger partial charge in [-0.25, -0.2) is 4.98 Å². The fraction of sp³-hybridized carbons (Fsp3) is 0.500. The van der Waals surface area contributed by atoms with Crippen molar-refractivity contribution in [1.82, 2.24) is 4.98 Å². The molecule has 0 saturated heterocycles. The Morgan fingerprint density at radius 1 is 1.47 bits per heavy atom. The number of hydrogen-bond acceptors (Lipinski definition) is 3. The first-order chi connectivity index (χ1) is 7.22. The lowest BCUT2D eigenvalue weighted by atomic mass is 10.0. The van der Waals surface area contributed by atoms with Crippen molar-refractivity contribution in [3.8, 4) is 6.07 Å². The molecule has 0 bridgehead atoms. The highest BCUT2D eigenvalue weighted by Crippen LogP contribution is 2.20. The number of nitrogens with one attached hydrogen (secondary N) is 1. The molecular formula is C12H17N3. The van der Waals surface area contributed by atoms with Gasteiger partial charge in [0.1, 0.15) is 11.9 Å². The Kier molecular flexibility index (Phi) is 4.11. The van der Waals surface area contributed by atoms with Crippen LogP contribution in [0, 0.1) is 11.3 Å². The first kappa shape index (κ1) is 11.5. The van der Waals surface area contributed by atoms with Gasteiger partial charge in [0.15, 0.2) is 0 Å². The van der Waals surface area contributed by atoms with E-state index in [-0.39, 0.29) is 0 Å². The van der Waals surface area contributed by atoms with Crippen LogP contribution in [0.25, 0.3) is 0 Å². The number of nitriles is 1. The van der Waals surface area contributed by atoms with Crippen LogP contribution in [0.4, 0.5) is 5.82 Å². The summed E-state index contributed by atoms with van der Waals surface area (Å²) >= 11 is 0. The van der Waals surface area contributed by atoms with Crippen molar-refractivity contribution in [2.45, 2.75) is 33.1 Å². The maximum atomic E-state index is 8.90. The maximum absolute atomic E-state index is 8.90. The summed E-state index contributed by atoms with van der Waals surface area (Å²) in [7, 11) is 0. The van der Waals surface area contributed by atoms with Gasteiger partial charge in [0.05, 0.1) is 5.56 Å². The van der Waals surface area contributed by atoms with Crippen LogP contribution in [0.15, 0.2) is 12.1 Å². The summed E-state index contributed by atoms with van der Waals surface area (Å²) < 4.78 is 0. The van der Waals surface area contributed by atoms with Crippen LogP contribution in [-0.2, 0) is 0 Å². The molecule has 1 rings (SSSR count). The van der Waals surface area contributed by atoms with Crippen molar-refractivity contribution >= 4 is 5.82 Å². The third kappa shape index (κ3) is 2.69. The fourth-order valence-electron chi connectivity index (χ4n) is 1.35. The summed E-state index contributed by atoms with van der Waals surface area (Å²) in [4.78, 5) is 4.47. The Morgan fingerprint density at radius 3 is 2.73 bits per heavy atom. The van der Waals surface area contributed by atoms with Crippen LogP contribution in [0.5, 0.6) is 0 Å². The number of nitrogens with zero attached hydrogens (tertiary/aromatic N) is 2. The van der Waals surface area contributed by atoms with Crippen LogP contribution in [0.3, 0.4) is 0 Å². The van der Waals surface area contributed by atoms with E-state index in [0.29, 0.717) is 17.3 Å². The average molecular weight is 203 g/mol. The average Bonchev–Trinajstić information content (AvgIpc) is 2.28. The van der Waals surface area contributed by atoms with Crippen LogP contribution in [0.2, 0.25) is 0 Å². The zero-order valence-corrected chi connectivity index (χ0v) is 9.54. The Hall–Kier alpha value is -1.56. The van der Waals surface area contributed by atoms with Crippen molar-refractivity contribution in [3.05, 3.63) is 23.4 Å². The molecule has 0 aromatic carbocycles. The minimum atomic E-state index is 0.440. The van der Waals surface area contributed by atoms with Crippen molar-refractivity contribution in [3.63, 3.8) is 0 Å². The van der Waals surface area contributed by atoms with E-state index in [1.54, 1.807) is 0 Å². The molecule has 80 valence electrons. The summed E-state index contributed by atoms with van der Waals surface area (Å²) in [5.41, 5.74) is 1.66. The molecule has 0 saturated carbocycles. The molecule has 1 aromatic heterocycles. The van der Waals surface area contributed by atoms with E-state index in [1.165, 1.54) is 0 Å². The number of hydrogen-bond donors (Lipinski definition) is 1. The monoisotopic (exact) mass is 203 g/mol. The predicted octanol–water partition coefficient (Wildman–Crippen LogP) is 2.90. The number of anilines is 1. The molecule has 0 amide bonds. The van der Waals surface area contributed by atoms with Crippen LogP contribution < -0.4 is 5.32 Å². The van der Waals surface area contributed by atoms with Gasteiger partial charge >= 0.3 is 0 Å². The number of rotatable bonds is 4. The second-order valence-corrected chi connectivity index (χ2v) is 3.58. The number of aromatic nitrogens is 1. The van der Waals surface area contributed by atoms with Gasteiger partial charge in [0.2, 0.25) is 0 Å². The minimum Gasteiger partial charge on any atom is -0.369 e. The lowest BCUT2D eigenvalue weighted by molar-refractivity contribution is 0.708. The zero-order chi connectivity index (χ0) is 11.3. The molecule has 0 aliphatic heterocycles. The van der Waals surface area contributed by atoms with Crippen molar-refractivity contribution in [2.75, 3.05) is 11.9 Å². The molecule has 1 heterocycles. The third-order valence-electron chi connectivity index (χ3n) is 2.50. The second kappa shape index (κ2) is 5.35. The molecule has 0 fully saturated rings. The van der Waals surface area contributed by atoms with Crippen molar-refractivity contribution in [2.24, 2.45) is 0 Å². The molecule has 0 radical (unpaired) electrons. The smallest absolute Gasteiger partial charge is 0.144 e. The molecule has 0 aliphatic carbocycles. The summed E-state index contributed by atoms with van der Waals surface area (Å²) in [6, 6.07) is 5.92. The summed E-state index contributed by atoms with van der Waals surface area (Å²) in [6.07, 6.45) is 1.06. The summed E-state index contributed by atoms with van der Waals surface area (Å²) in [5, 5.41) is 12.0. The van der Waals surface area contributed by atoms with Crippen molar-refractivity contribution in [1.29, 1.82) is 5.26 Å². The van der Waals surface area contributed by atoms with E-state index >= 15 is 0 Å². The molecule has 1 atom stereocenters. The standard InChI is InChI=1S/C12H17N3/c1-4-9(3)11-7-6-10(8-13)12(15-11)14-5-2/h6-7,9H,4-5H2,1-3H3,(H,14,15). The van der Waals surface area contributed by atoms with Gasteiger partial charge in [0.25, 0.3) is 0 Å². The topological polar surface area (TPSA) is 48.7 Å². The van der Waals surface area contributed by atoms with Crippen LogP contribution in [0.1, 0.15) is 44.4 Å². The molecule has 1 aromatic rings. The SMILES string of the molecule is CCNc1nc(C(C)CC)ccc1C#N. The molecular weight excluding hydrogens is 186 g/mol. The van der Waals surface area contributed by atoms with Gasteiger partial charge in [-0.1, -0.05) is 13.8 Å². The van der Waals surface area contributed by atoms with Crippen LogP contribution in [-0.4, -0.2) is 11.5 Å². The highest BCUT2D eigenvalue weighted by atomic mass is 15.0. The van der Waals surface area contributed by atoms with Gasteiger partial charge in [-0.05, 0) is 31.4 Å². The van der Waals surface area contributed by atoms with Gasteiger partial charge < -0.3 is 5.32 Å². The van der Waals surface area contributed by atoms with Gasteiger partial charge in [-0.2, -0.15) is 5.26 Å². The van der Waals surface area contributed by atoms with Crippen LogP contribution >= 0.6 is 0 Å². The Balaban J connectivity index is 3.05. The van der Waals surface area contributed by atoms with E-state index in [1.807, 2.05) is 19.1 Å². The lowest BCUT2D eigenvalue weighted by Gasteiger charge is -2.11. The Bertz CT molecular complexity index is 366. The van der Waals surface area contributed by atoms with Crippen molar-refractivity contribution < 1.29 is 0 Å². The molecule has 0 spiro atoms. The second-order valence-electron chi connectivity index (χ2n) is 3.58. The highest BCUT2D eigenvalue weighted by Gasteiger charge is 2.08. The molecule has 1 unspecified atom stereocenters. The van der Waals surface area contributed by atoms with E-state index < -0.39 is 0 Å². The van der Waals surface area contributed by atoms with Gasteiger partial charge in [-0.3, -0.25) is 0 Å². The molecule has 1 N–H and O–H groups in total. The third-order valence-corrected chi connectivity index (χ3v) is 2.50. The summed E-state index contributed by atoms with van der Waals surface area (Å²) in [6.45, 7) is 7.06. The fourth-order valence-corrected chi connectivity index (χ4v) is 1.35. The van der Waals surface area contributed by atoms with E-state index in [9.17, 15) is 0 Å².